The molecule has 1 amide bonds. The largest absolute Gasteiger partial charge is 0.454 e. The molecule has 6 nitrogen and oxygen atoms in total. The Morgan fingerprint density at radius 3 is 2.91 bits per heavy atom. The zero-order chi connectivity index (χ0) is 15.7. The molecular weight excluding hydrogens is 352 g/mol. The van der Waals surface area contributed by atoms with Crippen molar-refractivity contribution in [2.45, 2.75) is 13.5 Å². The van der Waals surface area contributed by atoms with Crippen molar-refractivity contribution in [3.8, 4) is 11.5 Å². The minimum Gasteiger partial charge on any atom is -0.454 e. The van der Waals surface area contributed by atoms with Gasteiger partial charge >= 0.3 is 0 Å². The van der Waals surface area contributed by atoms with Crippen LogP contribution in [-0.4, -0.2) is 17.3 Å². The van der Waals surface area contributed by atoms with Gasteiger partial charge in [0, 0.05) is 18.0 Å². The molecule has 1 N–H and O–H groups in total. The van der Waals surface area contributed by atoms with Gasteiger partial charge in [-0.25, -0.2) is 0 Å². The zero-order valence-electron chi connectivity index (χ0n) is 11.8. The number of rotatable bonds is 3. The Morgan fingerprint density at radius 2 is 2.09 bits per heavy atom. The summed E-state index contributed by atoms with van der Waals surface area (Å²) in [6, 6.07) is 6.86. The van der Waals surface area contributed by atoms with Crippen molar-refractivity contribution in [3.63, 3.8) is 0 Å². The molecule has 22 heavy (non-hydrogen) atoms. The van der Waals surface area contributed by atoms with E-state index in [0.717, 1.165) is 5.56 Å². The lowest BCUT2D eigenvalue weighted by Crippen LogP contribution is -2.27. The molecule has 0 unspecified atom stereocenters. The van der Waals surface area contributed by atoms with Crippen molar-refractivity contribution >= 4 is 27.5 Å². The van der Waals surface area contributed by atoms with E-state index >= 15 is 0 Å². The first-order valence-electron chi connectivity index (χ1n) is 6.59. The molecule has 2 heterocycles. The number of ether oxygens (including phenoxy) is 2. The minimum absolute atomic E-state index is 0.0619. The van der Waals surface area contributed by atoms with Crippen LogP contribution >= 0.6 is 15.9 Å². The van der Waals surface area contributed by atoms with E-state index in [4.69, 9.17) is 9.47 Å². The quantitative estimate of drug-likeness (QED) is 0.906. The van der Waals surface area contributed by atoms with Crippen LogP contribution in [0.1, 0.15) is 5.56 Å². The summed E-state index contributed by atoms with van der Waals surface area (Å²) in [6.07, 6.45) is 1.65. The van der Waals surface area contributed by atoms with Gasteiger partial charge in [-0.05, 0) is 46.6 Å². The Hall–Kier alpha value is -2.28. The minimum atomic E-state index is -0.293. The summed E-state index contributed by atoms with van der Waals surface area (Å²) in [6.45, 7) is 1.98. The molecule has 0 saturated heterocycles. The van der Waals surface area contributed by atoms with Crippen LogP contribution in [0, 0.1) is 6.92 Å². The average Bonchev–Trinajstić information content (AvgIpc) is 2.91. The van der Waals surface area contributed by atoms with Crippen molar-refractivity contribution in [1.29, 1.82) is 0 Å². The maximum atomic E-state index is 12.1. The summed E-state index contributed by atoms with van der Waals surface area (Å²) in [5, 5.41) is 2.74. The number of hydrogen-bond donors (Lipinski definition) is 1. The second kappa shape index (κ2) is 5.84. The van der Waals surface area contributed by atoms with E-state index in [-0.39, 0.29) is 24.8 Å². The molecule has 1 aromatic heterocycles. The van der Waals surface area contributed by atoms with E-state index in [1.807, 2.05) is 6.92 Å². The predicted octanol–water partition coefficient (Wildman–Crippen LogP) is 2.29. The zero-order valence-corrected chi connectivity index (χ0v) is 13.3. The number of halogens is 1. The summed E-state index contributed by atoms with van der Waals surface area (Å²) >= 11 is 3.19. The number of nitrogens with one attached hydrogen (secondary N) is 1. The number of carbonyl (C=O) groups is 1. The molecule has 0 saturated carbocycles. The molecule has 1 aromatic carbocycles. The summed E-state index contributed by atoms with van der Waals surface area (Å²) in [5.74, 6) is 0.948. The summed E-state index contributed by atoms with van der Waals surface area (Å²) < 4.78 is 12.3. The van der Waals surface area contributed by atoms with Crippen LogP contribution in [0.5, 0.6) is 11.5 Å². The normalized spacial score (nSPS) is 12.3. The van der Waals surface area contributed by atoms with Gasteiger partial charge in [0.05, 0.1) is 4.47 Å². The molecule has 0 bridgehead atoms. The number of aryl methyl sites for hydroxylation is 1. The highest BCUT2D eigenvalue weighted by Gasteiger charge is 2.14. The molecule has 1 aliphatic rings. The van der Waals surface area contributed by atoms with Gasteiger partial charge in [0.25, 0.3) is 5.56 Å². The van der Waals surface area contributed by atoms with Gasteiger partial charge in [-0.3, -0.25) is 9.59 Å². The number of anilines is 1. The van der Waals surface area contributed by atoms with Gasteiger partial charge in [0.1, 0.15) is 6.54 Å². The molecule has 7 heteroatoms. The molecule has 0 aliphatic carbocycles. The molecule has 114 valence electrons. The fraction of sp³-hybridized carbons (Fsp3) is 0.200. The van der Waals surface area contributed by atoms with Gasteiger partial charge < -0.3 is 19.4 Å². The topological polar surface area (TPSA) is 69.6 Å². The van der Waals surface area contributed by atoms with Gasteiger partial charge in [0.15, 0.2) is 11.5 Å². The Labute approximate surface area is 134 Å². The molecule has 1 aliphatic heterocycles. The van der Waals surface area contributed by atoms with Crippen LogP contribution in [0.3, 0.4) is 0 Å². The molecular formula is C15H13BrN2O4. The SMILES string of the molecule is Cc1cc(Br)c(=O)n(CC(=O)Nc2ccc3c(c2)OCO3)c1. The van der Waals surface area contributed by atoms with E-state index in [1.54, 1.807) is 30.5 Å². The van der Waals surface area contributed by atoms with Crippen molar-refractivity contribution in [1.82, 2.24) is 4.57 Å². The summed E-state index contributed by atoms with van der Waals surface area (Å²) in [7, 11) is 0. The number of nitrogens with zero attached hydrogens (tertiary/aromatic N) is 1. The Balaban J connectivity index is 1.74. The third kappa shape index (κ3) is 2.99. The lowest BCUT2D eigenvalue weighted by molar-refractivity contribution is -0.116. The fourth-order valence-electron chi connectivity index (χ4n) is 2.19. The Morgan fingerprint density at radius 1 is 1.32 bits per heavy atom. The summed E-state index contributed by atoms with van der Waals surface area (Å²) in [5.41, 5.74) is 1.24. The molecule has 0 radical (unpaired) electrons. The van der Waals surface area contributed by atoms with Crippen LogP contribution in [-0.2, 0) is 11.3 Å². The Bertz CT molecular complexity index is 801. The molecule has 0 atom stereocenters. The van der Waals surface area contributed by atoms with Crippen molar-refractivity contribution in [3.05, 3.63) is 50.9 Å². The van der Waals surface area contributed by atoms with Crippen LogP contribution in [0.2, 0.25) is 0 Å². The number of hydrogen-bond acceptors (Lipinski definition) is 4. The predicted molar refractivity (Wildman–Crippen MR) is 84.3 cm³/mol. The smallest absolute Gasteiger partial charge is 0.265 e. The standard InChI is InChI=1S/C15H13BrN2O4/c1-9-4-11(16)15(20)18(6-9)7-14(19)17-10-2-3-12-13(5-10)22-8-21-12/h2-6H,7-8H2,1H3,(H,17,19). The maximum Gasteiger partial charge on any atom is 0.265 e. The summed E-state index contributed by atoms with van der Waals surface area (Å²) in [4.78, 5) is 24.1. The first-order valence-corrected chi connectivity index (χ1v) is 7.38. The third-order valence-corrected chi connectivity index (χ3v) is 3.72. The second-order valence-electron chi connectivity index (χ2n) is 4.91. The van der Waals surface area contributed by atoms with Gasteiger partial charge in [0.2, 0.25) is 12.7 Å². The lowest BCUT2D eigenvalue weighted by Gasteiger charge is -2.09. The van der Waals surface area contributed by atoms with Crippen LogP contribution in [0.15, 0.2) is 39.7 Å². The van der Waals surface area contributed by atoms with E-state index in [1.165, 1.54) is 4.57 Å². The Kier molecular flexibility index (Phi) is 3.89. The van der Waals surface area contributed by atoms with Crippen molar-refractivity contribution in [2.75, 3.05) is 12.1 Å². The lowest BCUT2D eigenvalue weighted by atomic mass is 10.2. The number of aromatic nitrogens is 1. The molecule has 2 aromatic rings. The van der Waals surface area contributed by atoms with E-state index in [2.05, 4.69) is 21.2 Å². The number of carbonyl (C=O) groups excluding carboxylic acids is 1. The van der Waals surface area contributed by atoms with Crippen LogP contribution < -0.4 is 20.3 Å². The van der Waals surface area contributed by atoms with Crippen LogP contribution in [0.25, 0.3) is 0 Å². The highest BCUT2D eigenvalue weighted by Crippen LogP contribution is 2.34. The van der Waals surface area contributed by atoms with E-state index < -0.39 is 0 Å². The highest BCUT2D eigenvalue weighted by molar-refractivity contribution is 9.10. The number of fused-ring (bicyclic) bond motifs is 1. The fourth-order valence-corrected chi connectivity index (χ4v) is 2.78. The molecule has 3 rings (SSSR count). The second-order valence-corrected chi connectivity index (χ2v) is 5.77. The first-order chi connectivity index (χ1) is 10.5. The number of pyridine rings is 1. The third-order valence-electron chi connectivity index (χ3n) is 3.15. The van der Waals surface area contributed by atoms with Gasteiger partial charge in [-0.2, -0.15) is 0 Å². The van der Waals surface area contributed by atoms with E-state index in [0.29, 0.717) is 21.7 Å². The van der Waals surface area contributed by atoms with Gasteiger partial charge in [-0.1, -0.05) is 0 Å². The molecule has 0 spiro atoms. The highest BCUT2D eigenvalue weighted by atomic mass is 79.9. The number of benzene rings is 1. The maximum absolute atomic E-state index is 12.1. The first kappa shape index (κ1) is 14.6. The average molecular weight is 365 g/mol. The van der Waals surface area contributed by atoms with Crippen molar-refractivity contribution in [2.24, 2.45) is 0 Å². The monoisotopic (exact) mass is 364 g/mol. The van der Waals surface area contributed by atoms with Crippen LogP contribution in [0.4, 0.5) is 5.69 Å². The van der Waals surface area contributed by atoms with E-state index in [9.17, 15) is 9.59 Å². The number of amides is 1. The van der Waals surface area contributed by atoms with Gasteiger partial charge in [-0.15, -0.1) is 0 Å². The van der Waals surface area contributed by atoms with Crippen molar-refractivity contribution < 1.29 is 14.3 Å². The molecule has 0 fully saturated rings.